The Bertz CT molecular complexity index is 290. The first-order valence-corrected chi connectivity index (χ1v) is 8.35. The third-order valence-corrected chi connectivity index (χ3v) is 4.17. The number of likely N-dealkylation sites (tertiary alicyclic amines) is 1. The third-order valence-electron chi connectivity index (χ3n) is 4.17. The summed E-state index contributed by atoms with van der Waals surface area (Å²) < 4.78 is 0. The molecule has 1 heterocycles. The number of nitrogens with zero attached hydrogens (tertiary/aromatic N) is 2. The fraction of sp³-hybridized carbons (Fsp3) is 0.938. The lowest BCUT2D eigenvalue weighted by Crippen LogP contribution is -2.45. The minimum Gasteiger partial charge on any atom is -0.357 e. The molecule has 4 heteroatoms. The predicted octanol–water partition coefficient (Wildman–Crippen LogP) is 2.46. The van der Waals surface area contributed by atoms with E-state index in [0.717, 1.165) is 31.4 Å². The molecule has 20 heavy (non-hydrogen) atoms. The van der Waals surface area contributed by atoms with Gasteiger partial charge >= 0.3 is 0 Å². The molecular weight excluding hydrogens is 248 g/mol. The number of hydrogen-bond acceptors (Lipinski definition) is 2. The molecular formula is C16H34N4. The number of guanidine groups is 1. The van der Waals surface area contributed by atoms with E-state index in [1.165, 1.54) is 25.9 Å². The molecule has 1 aliphatic heterocycles. The Morgan fingerprint density at radius 1 is 1.35 bits per heavy atom. The van der Waals surface area contributed by atoms with Crippen molar-refractivity contribution in [2.45, 2.75) is 66.0 Å². The monoisotopic (exact) mass is 282 g/mol. The van der Waals surface area contributed by atoms with Gasteiger partial charge in [-0.1, -0.05) is 13.8 Å². The van der Waals surface area contributed by atoms with Crippen LogP contribution in [0.2, 0.25) is 0 Å². The molecule has 0 bridgehead atoms. The molecule has 0 radical (unpaired) electrons. The average Bonchev–Trinajstić information content (AvgIpc) is 2.44. The maximum atomic E-state index is 4.75. The van der Waals surface area contributed by atoms with E-state index in [2.05, 4.69) is 50.2 Å². The van der Waals surface area contributed by atoms with E-state index in [1.54, 1.807) is 0 Å². The van der Waals surface area contributed by atoms with Crippen molar-refractivity contribution < 1.29 is 0 Å². The number of hydrogen-bond donors (Lipinski definition) is 2. The molecule has 0 aromatic rings. The molecule has 4 nitrogen and oxygen atoms in total. The van der Waals surface area contributed by atoms with E-state index in [0.29, 0.717) is 12.1 Å². The van der Waals surface area contributed by atoms with Crippen LogP contribution in [-0.4, -0.2) is 49.1 Å². The number of rotatable bonds is 6. The average molecular weight is 282 g/mol. The highest BCUT2D eigenvalue weighted by molar-refractivity contribution is 5.80. The van der Waals surface area contributed by atoms with Gasteiger partial charge < -0.3 is 10.6 Å². The van der Waals surface area contributed by atoms with E-state index in [9.17, 15) is 0 Å². The minimum atomic E-state index is 0.470. The topological polar surface area (TPSA) is 39.7 Å². The zero-order valence-corrected chi connectivity index (χ0v) is 14.1. The summed E-state index contributed by atoms with van der Waals surface area (Å²) in [7, 11) is 0. The van der Waals surface area contributed by atoms with Crippen molar-refractivity contribution in [3.63, 3.8) is 0 Å². The van der Waals surface area contributed by atoms with E-state index >= 15 is 0 Å². The van der Waals surface area contributed by atoms with E-state index < -0.39 is 0 Å². The van der Waals surface area contributed by atoms with Crippen LogP contribution < -0.4 is 10.6 Å². The Kier molecular flexibility index (Phi) is 7.97. The zero-order valence-electron chi connectivity index (χ0n) is 14.1. The zero-order chi connectivity index (χ0) is 15.0. The summed E-state index contributed by atoms with van der Waals surface area (Å²) in [4.78, 5) is 7.34. The van der Waals surface area contributed by atoms with Crippen LogP contribution in [0, 0.1) is 5.92 Å². The minimum absolute atomic E-state index is 0.470. The predicted molar refractivity (Wildman–Crippen MR) is 88.3 cm³/mol. The van der Waals surface area contributed by atoms with Crippen LogP contribution in [0.15, 0.2) is 4.99 Å². The number of nitrogens with one attached hydrogen (secondary N) is 2. The molecule has 3 unspecified atom stereocenters. The van der Waals surface area contributed by atoms with E-state index in [1.807, 2.05) is 0 Å². The quantitative estimate of drug-likeness (QED) is 0.581. The van der Waals surface area contributed by atoms with Crippen molar-refractivity contribution in [2.75, 3.05) is 26.2 Å². The van der Waals surface area contributed by atoms with Gasteiger partial charge in [0.25, 0.3) is 0 Å². The Morgan fingerprint density at radius 2 is 2.10 bits per heavy atom. The molecule has 0 aliphatic carbocycles. The smallest absolute Gasteiger partial charge is 0.191 e. The van der Waals surface area contributed by atoms with Gasteiger partial charge in [0.15, 0.2) is 5.96 Å². The molecule has 1 rings (SSSR count). The second kappa shape index (κ2) is 9.22. The van der Waals surface area contributed by atoms with Gasteiger partial charge in [-0.25, -0.2) is 0 Å². The van der Waals surface area contributed by atoms with Crippen molar-refractivity contribution in [2.24, 2.45) is 10.9 Å². The molecule has 1 aliphatic rings. The second-order valence-corrected chi connectivity index (χ2v) is 6.26. The van der Waals surface area contributed by atoms with Gasteiger partial charge in [-0.2, -0.15) is 0 Å². The largest absolute Gasteiger partial charge is 0.357 e. The molecule has 0 saturated carbocycles. The van der Waals surface area contributed by atoms with Crippen LogP contribution >= 0.6 is 0 Å². The van der Waals surface area contributed by atoms with Crippen LogP contribution in [0.3, 0.4) is 0 Å². The lowest BCUT2D eigenvalue weighted by molar-refractivity contribution is 0.142. The first kappa shape index (κ1) is 17.3. The van der Waals surface area contributed by atoms with Gasteiger partial charge in [-0.3, -0.25) is 9.89 Å². The standard InChI is InChI=1S/C16H34N4/c1-6-14(4)19-16(17-7-2)18-11-15(5)20-10-8-9-13(3)12-20/h13-15H,6-12H2,1-5H3,(H2,17,18,19). The third kappa shape index (κ3) is 6.12. The maximum absolute atomic E-state index is 4.75. The summed E-state index contributed by atoms with van der Waals surface area (Å²) in [6, 6.07) is 1.00. The Morgan fingerprint density at radius 3 is 2.70 bits per heavy atom. The SMILES string of the molecule is CCNC(=NCC(C)N1CCCC(C)C1)NC(C)CC. The van der Waals surface area contributed by atoms with Crippen molar-refractivity contribution in [1.82, 2.24) is 15.5 Å². The second-order valence-electron chi connectivity index (χ2n) is 6.26. The highest BCUT2D eigenvalue weighted by atomic mass is 15.2. The number of aliphatic imine (C=N–C) groups is 1. The summed E-state index contributed by atoms with van der Waals surface area (Å²) in [5, 5.41) is 6.79. The van der Waals surface area contributed by atoms with Crippen molar-refractivity contribution in [3.8, 4) is 0 Å². The highest BCUT2D eigenvalue weighted by Gasteiger charge is 2.20. The lowest BCUT2D eigenvalue weighted by atomic mass is 9.99. The van der Waals surface area contributed by atoms with Gasteiger partial charge in [0.1, 0.15) is 0 Å². The summed E-state index contributed by atoms with van der Waals surface area (Å²) in [5.74, 6) is 1.79. The van der Waals surface area contributed by atoms with Crippen LogP contribution in [-0.2, 0) is 0 Å². The van der Waals surface area contributed by atoms with Crippen LogP contribution in [0.1, 0.15) is 53.9 Å². The first-order chi connectivity index (χ1) is 9.56. The summed E-state index contributed by atoms with van der Waals surface area (Å²) in [5.41, 5.74) is 0. The van der Waals surface area contributed by atoms with Gasteiger partial charge in [-0.05, 0) is 52.5 Å². The Balaban J connectivity index is 2.47. The van der Waals surface area contributed by atoms with Gasteiger partial charge in [0, 0.05) is 25.2 Å². The van der Waals surface area contributed by atoms with Crippen LogP contribution in [0.5, 0.6) is 0 Å². The molecule has 0 amide bonds. The molecule has 0 spiro atoms. The fourth-order valence-electron chi connectivity index (χ4n) is 2.62. The van der Waals surface area contributed by atoms with Gasteiger partial charge in [0.05, 0.1) is 6.54 Å². The van der Waals surface area contributed by atoms with Crippen LogP contribution in [0.25, 0.3) is 0 Å². The molecule has 0 aromatic heterocycles. The first-order valence-electron chi connectivity index (χ1n) is 8.35. The van der Waals surface area contributed by atoms with E-state index in [-0.39, 0.29) is 0 Å². The fourth-order valence-corrected chi connectivity index (χ4v) is 2.62. The van der Waals surface area contributed by atoms with E-state index in [4.69, 9.17) is 4.99 Å². The molecule has 2 N–H and O–H groups in total. The van der Waals surface area contributed by atoms with Crippen molar-refractivity contribution in [3.05, 3.63) is 0 Å². The van der Waals surface area contributed by atoms with Crippen molar-refractivity contribution in [1.29, 1.82) is 0 Å². The molecule has 3 atom stereocenters. The van der Waals surface area contributed by atoms with Crippen LogP contribution in [0.4, 0.5) is 0 Å². The molecule has 0 aromatic carbocycles. The van der Waals surface area contributed by atoms with Gasteiger partial charge in [0.2, 0.25) is 0 Å². The highest BCUT2D eigenvalue weighted by Crippen LogP contribution is 2.17. The summed E-state index contributed by atoms with van der Waals surface area (Å²) >= 11 is 0. The maximum Gasteiger partial charge on any atom is 0.191 e. The van der Waals surface area contributed by atoms with Gasteiger partial charge in [-0.15, -0.1) is 0 Å². The molecule has 1 fully saturated rings. The normalized spacial score (nSPS) is 24.2. The summed E-state index contributed by atoms with van der Waals surface area (Å²) in [6.07, 6.45) is 3.83. The Labute approximate surface area is 125 Å². The summed E-state index contributed by atoms with van der Waals surface area (Å²) in [6.45, 7) is 15.4. The lowest BCUT2D eigenvalue weighted by Gasteiger charge is -2.35. The number of piperidine rings is 1. The molecule has 1 saturated heterocycles. The molecule has 118 valence electrons. The van der Waals surface area contributed by atoms with Crippen molar-refractivity contribution >= 4 is 5.96 Å². The Hall–Kier alpha value is -0.770.